The molecule has 3 nitrogen and oxygen atoms in total. The number of nitrogens with zero attached hydrogens (tertiary/aromatic N) is 1. The molecule has 3 aromatic rings. The number of benzene rings is 3. The maximum Gasteiger partial charge on any atom is 0.335 e. The topological polar surface area (TPSA) is 40.5 Å². The van der Waals surface area contributed by atoms with E-state index in [1.165, 1.54) is 22.3 Å². The quantitative estimate of drug-likeness (QED) is 0.568. The highest BCUT2D eigenvalue weighted by molar-refractivity contribution is 6.30. The summed E-state index contributed by atoms with van der Waals surface area (Å²) in [6.07, 6.45) is 3.21. The lowest BCUT2D eigenvalue weighted by molar-refractivity contribution is 0.0697. The van der Waals surface area contributed by atoms with E-state index < -0.39 is 5.97 Å². The van der Waals surface area contributed by atoms with Crippen LogP contribution in [-0.2, 0) is 6.54 Å². The summed E-state index contributed by atoms with van der Waals surface area (Å²) in [6.45, 7) is 2.74. The summed E-state index contributed by atoms with van der Waals surface area (Å²) >= 11 is 6.04. The van der Waals surface area contributed by atoms with Crippen LogP contribution in [0.25, 0.3) is 16.7 Å². The molecule has 1 heterocycles. The maximum absolute atomic E-state index is 11.0. The second kappa shape index (κ2) is 8.64. The van der Waals surface area contributed by atoms with Crippen molar-refractivity contribution in [3.8, 4) is 11.1 Å². The standard InChI is InChI=1S/C25H22ClNO2/c26-23-11-9-20(10-12-23)24-4-2-1-3-22(24)17-27-15-13-19(14-16-27)18-5-7-21(8-6-18)25(28)29/h1-13H,14-17H2,(H,28,29). The second-order valence-electron chi connectivity index (χ2n) is 7.26. The van der Waals surface area contributed by atoms with Crippen LogP contribution in [0, 0.1) is 0 Å². The highest BCUT2D eigenvalue weighted by Gasteiger charge is 2.15. The van der Waals surface area contributed by atoms with Crippen molar-refractivity contribution in [1.29, 1.82) is 0 Å². The Balaban J connectivity index is 1.47. The minimum atomic E-state index is -0.889. The molecule has 3 aromatic carbocycles. The number of hydrogen-bond acceptors (Lipinski definition) is 2. The van der Waals surface area contributed by atoms with Crippen LogP contribution in [0.5, 0.6) is 0 Å². The van der Waals surface area contributed by atoms with Crippen molar-refractivity contribution in [2.24, 2.45) is 0 Å². The van der Waals surface area contributed by atoms with Gasteiger partial charge >= 0.3 is 5.97 Å². The number of rotatable bonds is 5. The molecule has 1 aliphatic rings. The van der Waals surface area contributed by atoms with Gasteiger partial charge in [-0.05, 0) is 58.5 Å². The van der Waals surface area contributed by atoms with Crippen molar-refractivity contribution < 1.29 is 9.90 Å². The number of carboxylic acid groups (broad SMARTS) is 1. The summed E-state index contributed by atoms with van der Waals surface area (Å²) in [5.74, 6) is -0.889. The SMILES string of the molecule is O=C(O)c1ccc(C2=CCN(Cc3ccccc3-c3ccc(Cl)cc3)CC2)cc1. The molecule has 0 spiro atoms. The van der Waals surface area contributed by atoms with Crippen LogP contribution in [0.2, 0.25) is 5.02 Å². The van der Waals surface area contributed by atoms with E-state index in [1.807, 2.05) is 24.3 Å². The minimum Gasteiger partial charge on any atom is -0.478 e. The van der Waals surface area contributed by atoms with Gasteiger partial charge in [0.2, 0.25) is 0 Å². The zero-order valence-corrected chi connectivity index (χ0v) is 16.8. The minimum absolute atomic E-state index is 0.325. The van der Waals surface area contributed by atoms with Crippen molar-refractivity contribution >= 4 is 23.1 Å². The van der Waals surface area contributed by atoms with Gasteiger partial charge in [-0.15, -0.1) is 0 Å². The largest absolute Gasteiger partial charge is 0.478 e. The van der Waals surface area contributed by atoms with Gasteiger partial charge in [0.25, 0.3) is 0 Å². The molecule has 1 N–H and O–H groups in total. The Labute approximate surface area is 175 Å². The van der Waals surface area contributed by atoms with Gasteiger partial charge in [-0.1, -0.05) is 66.2 Å². The third kappa shape index (κ3) is 4.58. The first-order chi connectivity index (χ1) is 14.1. The molecule has 0 saturated heterocycles. The number of hydrogen-bond donors (Lipinski definition) is 1. The predicted octanol–water partition coefficient (Wildman–Crippen LogP) is 5.99. The van der Waals surface area contributed by atoms with Gasteiger partial charge in [-0.2, -0.15) is 0 Å². The summed E-state index contributed by atoms with van der Waals surface area (Å²) in [7, 11) is 0. The molecule has 0 fully saturated rings. The van der Waals surface area contributed by atoms with Gasteiger partial charge in [0.1, 0.15) is 0 Å². The molecule has 29 heavy (non-hydrogen) atoms. The van der Waals surface area contributed by atoms with Gasteiger partial charge in [-0.3, -0.25) is 4.90 Å². The van der Waals surface area contributed by atoms with Gasteiger partial charge in [-0.25, -0.2) is 4.79 Å². The Morgan fingerprint density at radius 1 is 0.931 bits per heavy atom. The first kappa shape index (κ1) is 19.4. The Morgan fingerprint density at radius 3 is 2.28 bits per heavy atom. The molecule has 0 unspecified atom stereocenters. The number of carbonyl (C=O) groups is 1. The van der Waals surface area contributed by atoms with E-state index >= 15 is 0 Å². The van der Waals surface area contributed by atoms with Gasteiger partial charge < -0.3 is 5.11 Å². The summed E-state index contributed by atoms with van der Waals surface area (Å²) in [5, 5.41) is 9.80. The number of aromatic carboxylic acids is 1. The number of carboxylic acids is 1. The van der Waals surface area contributed by atoms with Crippen LogP contribution in [0.1, 0.15) is 27.9 Å². The molecular weight excluding hydrogens is 382 g/mol. The molecule has 146 valence electrons. The highest BCUT2D eigenvalue weighted by Crippen LogP contribution is 2.28. The van der Waals surface area contributed by atoms with Gasteiger partial charge in [0.15, 0.2) is 0 Å². The molecule has 4 rings (SSSR count). The lowest BCUT2D eigenvalue weighted by atomic mass is 9.96. The smallest absolute Gasteiger partial charge is 0.335 e. The van der Waals surface area contributed by atoms with Crippen LogP contribution < -0.4 is 0 Å². The zero-order chi connectivity index (χ0) is 20.2. The summed E-state index contributed by atoms with van der Waals surface area (Å²) in [6, 6.07) is 23.7. The Hall–Kier alpha value is -2.88. The van der Waals surface area contributed by atoms with Gasteiger partial charge in [0.05, 0.1) is 5.56 Å². The van der Waals surface area contributed by atoms with Gasteiger partial charge in [0, 0.05) is 24.7 Å². The van der Waals surface area contributed by atoms with E-state index in [-0.39, 0.29) is 0 Å². The van der Waals surface area contributed by atoms with E-state index in [0.717, 1.165) is 36.6 Å². The molecule has 0 radical (unpaired) electrons. The van der Waals surface area contributed by atoms with Crippen molar-refractivity contribution in [3.63, 3.8) is 0 Å². The fourth-order valence-corrected chi connectivity index (χ4v) is 3.88. The molecule has 0 bridgehead atoms. The highest BCUT2D eigenvalue weighted by atomic mass is 35.5. The molecule has 4 heteroatoms. The van der Waals surface area contributed by atoms with Crippen molar-refractivity contribution in [2.45, 2.75) is 13.0 Å². The Kier molecular flexibility index (Phi) is 5.79. The van der Waals surface area contributed by atoms with Crippen molar-refractivity contribution in [2.75, 3.05) is 13.1 Å². The van der Waals surface area contributed by atoms with Crippen molar-refractivity contribution in [3.05, 3.63) is 101 Å². The average molecular weight is 404 g/mol. The maximum atomic E-state index is 11.0. The van der Waals surface area contributed by atoms with E-state index in [1.54, 1.807) is 12.1 Å². The summed E-state index contributed by atoms with van der Waals surface area (Å²) < 4.78 is 0. The molecule has 0 aromatic heterocycles. The normalized spacial score (nSPS) is 14.4. The molecular formula is C25H22ClNO2. The van der Waals surface area contributed by atoms with Crippen LogP contribution in [0.15, 0.2) is 78.9 Å². The zero-order valence-electron chi connectivity index (χ0n) is 16.0. The Morgan fingerprint density at radius 2 is 1.62 bits per heavy atom. The number of halogens is 1. The molecule has 0 atom stereocenters. The third-order valence-electron chi connectivity index (χ3n) is 5.36. The fourth-order valence-electron chi connectivity index (χ4n) is 3.75. The van der Waals surface area contributed by atoms with E-state index in [9.17, 15) is 4.79 Å². The van der Waals surface area contributed by atoms with Crippen LogP contribution in [0.3, 0.4) is 0 Å². The summed E-state index contributed by atoms with van der Waals surface area (Å²) in [5.41, 5.74) is 6.43. The van der Waals surface area contributed by atoms with E-state index in [2.05, 4.69) is 47.4 Å². The predicted molar refractivity (Wildman–Crippen MR) is 118 cm³/mol. The van der Waals surface area contributed by atoms with Crippen LogP contribution in [-0.4, -0.2) is 29.1 Å². The first-order valence-corrected chi connectivity index (χ1v) is 10.1. The Bertz CT molecular complexity index is 1040. The molecule has 0 aliphatic carbocycles. The second-order valence-corrected chi connectivity index (χ2v) is 7.70. The lowest BCUT2D eigenvalue weighted by Gasteiger charge is -2.27. The molecule has 1 aliphatic heterocycles. The summed E-state index contributed by atoms with van der Waals surface area (Å²) in [4.78, 5) is 13.5. The van der Waals surface area contributed by atoms with Crippen molar-refractivity contribution in [1.82, 2.24) is 4.90 Å². The van der Waals surface area contributed by atoms with E-state index in [4.69, 9.17) is 16.7 Å². The van der Waals surface area contributed by atoms with Crippen LogP contribution in [0.4, 0.5) is 0 Å². The third-order valence-corrected chi connectivity index (χ3v) is 5.61. The monoisotopic (exact) mass is 403 g/mol. The van der Waals surface area contributed by atoms with E-state index in [0.29, 0.717) is 5.56 Å². The fraction of sp³-hybridized carbons (Fsp3) is 0.160. The average Bonchev–Trinajstić information content (AvgIpc) is 2.75. The van der Waals surface area contributed by atoms with Crippen LogP contribution >= 0.6 is 11.6 Å². The molecule has 0 amide bonds. The first-order valence-electron chi connectivity index (χ1n) is 9.69. The molecule has 0 saturated carbocycles. The lowest BCUT2D eigenvalue weighted by Crippen LogP contribution is -2.28.